The van der Waals surface area contributed by atoms with Crippen molar-refractivity contribution in [1.29, 1.82) is 5.26 Å². The predicted octanol–water partition coefficient (Wildman–Crippen LogP) is 2.14. The molecule has 2 N–H and O–H groups in total. The zero-order chi connectivity index (χ0) is 9.07. The van der Waals surface area contributed by atoms with Crippen molar-refractivity contribution in [3.63, 3.8) is 0 Å². The molecule has 0 spiro atoms. The van der Waals surface area contributed by atoms with Gasteiger partial charge in [-0.3, -0.25) is 0 Å². The first kappa shape index (κ1) is 10.9. The van der Waals surface area contributed by atoms with Gasteiger partial charge < -0.3 is 5.73 Å². The van der Waals surface area contributed by atoms with E-state index < -0.39 is 0 Å². The number of hydrogen-bond donors (Lipinski definition) is 1. The van der Waals surface area contributed by atoms with Crippen LogP contribution in [0.15, 0.2) is 24.3 Å². The SMILES string of the molecule is N#CC/C=C/CC/C=C/CCN. The first-order valence-electron chi connectivity index (χ1n) is 4.29. The molecule has 0 bridgehead atoms. The van der Waals surface area contributed by atoms with Gasteiger partial charge in [0.05, 0.1) is 12.5 Å². The Bertz CT molecular complexity index is 175. The van der Waals surface area contributed by atoms with Crippen LogP contribution in [0, 0.1) is 11.3 Å². The van der Waals surface area contributed by atoms with Crippen LogP contribution >= 0.6 is 0 Å². The molecule has 0 saturated carbocycles. The van der Waals surface area contributed by atoms with E-state index in [9.17, 15) is 0 Å². The third-order valence-electron chi connectivity index (χ3n) is 1.38. The van der Waals surface area contributed by atoms with E-state index in [0.29, 0.717) is 6.42 Å². The number of rotatable bonds is 6. The highest BCUT2D eigenvalue weighted by Crippen LogP contribution is 1.94. The van der Waals surface area contributed by atoms with Crippen LogP contribution in [0.3, 0.4) is 0 Å². The number of unbranched alkanes of at least 4 members (excludes halogenated alkanes) is 1. The Labute approximate surface area is 74.4 Å². The highest BCUT2D eigenvalue weighted by molar-refractivity contribution is 4.92. The number of nitrogens with two attached hydrogens (primary N) is 1. The molecule has 12 heavy (non-hydrogen) atoms. The number of hydrogen-bond acceptors (Lipinski definition) is 2. The third kappa shape index (κ3) is 8.93. The summed E-state index contributed by atoms with van der Waals surface area (Å²) in [7, 11) is 0. The summed E-state index contributed by atoms with van der Waals surface area (Å²) in [5.41, 5.74) is 5.31. The quantitative estimate of drug-likeness (QED) is 0.483. The van der Waals surface area contributed by atoms with Gasteiger partial charge in [0.1, 0.15) is 0 Å². The van der Waals surface area contributed by atoms with Crippen LogP contribution in [0.4, 0.5) is 0 Å². The topological polar surface area (TPSA) is 49.8 Å². The van der Waals surface area contributed by atoms with Crippen molar-refractivity contribution in [1.82, 2.24) is 0 Å². The normalized spacial score (nSPS) is 11.0. The van der Waals surface area contributed by atoms with Gasteiger partial charge in [-0.2, -0.15) is 5.26 Å². The van der Waals surface area contributed by atoms with Gasteiger partial charge in [-0.05, 0) is 25.8 Å². The molecule has 0 atom stereocenters. The summed E-state index contributed by atoms with van der Waals surface area (Å²) >= 11 is 0. The maximum absolute atomic E-state index is 8.21. The van der Waals surface area contributed by atoms with Crippen molar-refractivity contribution in [3.05, 3.63) is 24.3 Å². The van der Waals surface area contributed by atoms with Crippen LogP contribution in [-0.2, 0) is 0 Å². The van der Waals surface area contributed by atoms with Crippen molar-refractivity contribution in [2.75, 3.05) is 6.54 Å². The Morgan fingerprint density at radius 2 is 1.58 bits per heavy atom. The summed E-state index contributed by atoms with van der Waals surface area (Å²) in [5.74, 6) is 0. The first-order valence-corrected chi connectivity index (χ1v) is 4.29. The average molecular weight is 164 g/mol. The molecule has 0 aromatic carbocycles. The van der Waals surface area contributed by atoms with Crippen molar-refractivity contribution in [2.24, 2.45) is 5.73 Å². The summed E-state index contributed by atoms with van der Waals surface area (Å²) in [6.07, 6.45) is 11.7. The molecule has 0 amide bonds. The van der Waals surface area contributed by atoms with Gasteiger partial charge in [0.25, 0.3) is 0 Å². The molecule has 0 unspecified atom stereocenters. The van der Waals surface area contributed by atoms with Gasteiger partial charge in [-0.1, -0.05) is 24.3 Å². The summed E-state index contributed by atoms with van der Waals surface area (Å²) in [5, 5.41) is 8.21. The molecule has 0 heterocycles. The summed E-state index contributed by atoms with van der Waals surface area (Å²) in [4.78, 5) is 0. The third-order valence-corrected chi connectivity index (χ3v) is 1.38. The minimum Gasteiger partial charge on any atom is -0.330 e. The minimum absolute atomic E-state index is 0.520. The Morgan fingerprint density at radius 1 is 1.00 bits per heavy atom. The van der Waals surface area contributed by atoms with Crippen LogP contribution < -0.4 is 5.73 Å². The van der Waals surface area contributed by atoms with Gasteiger partial charge >= 0.3 is 0 Å². The summed E-state index contributed by atoms with van der Waals surface area (Å²) < 4.78 is 0. The molecule has 0 aliphatic rings. The molecule has 0 rings (SSSR count). The highest BCUT2D eigenvalue weighted by atomic mass is 14.5. The fourth-order valence-electron chi connectivity index (χ4n) is 0.778. The van der Waals surface area contributed by atoms with Crippen molar-refractivity contribution in [3.8, 4) is 6.07 Å². The van der Waals surface area contributed by atoms with E-state index in [0.717, 1.165) is 25.8 Å². The molecule has 0 aromatic heterocycles. The Hall–Kier alpha value is -1.07. The zero-order valence-corrected chi connectivity index (χ0v) is 7.37. The number of nitrogens with zero attached hydrogens (tertiary/aromatic N) is 1. The lowest BCUT2D eigenvalue weighted by Crippen LogP contribution is -1.94. The van der Waals surface area contributed by atoms with E-state index in [4.69, 9.17) is 11.0 Å². The lowest BCUT2D eigenvalue weighted by atomic mass is 10.2. The van der Waals surface area contributed by atoms with E-state index in [1.807, 2.05) is 12.2 Å². The van der Waals surface area contributed by atoms with E-state index in [1.54, 1.807) is 0 Å². The molecule has 0 aromatic rings. The second kappa shape index (κ2) is 9.93. The predicted molar refractivity (Wildman–Crippen MR) is 51.4 cm³/mol. The zero-order valence-electron chi connectivity index (χ0n) is 7.37. The second-order valence-corrected chi connectivity index (χ2v) is 2.46. The van der Waals surface area contributed by atoms with Crippen LogP contribution in [0.1, 0.15) is 25.7 Å². The molecule has 0 radical (unpaired) electrons. The average Bonchev–Trinajstić information content (AvgIpc) is 2.10. The first-order chi connectivity index (χ1) is 5.91. The van der Waals surface area contributed by atoms with E-state index in [1.165, 1.54) is 0 Å². The fourth-order valence-corrected chi connectivity index (χ4v) is 0.778. The molecule has 66 valence electrons. The molecule has 0 saturated heterocycles. The smallest absolute Gasteiger partial charge is 0.0663 e. The monoisotopic (exact) mass is 164 g/mol. The maximum Gasteiger partial charge on any atom is 0.0663 e. The Balaban J connectivity index is 3.15. The van der Waals surface area contributed by atoms with Gasteiger partial charge in [0.15, 0.2) is 0 Å². The molecule has 2 heteroatoms. The van der Waals surface area contributed by atoms with Crippen LogP contribution in [0.2, 0.25) is 0 Å². The van der Waals surface area contributed by atoms with E-state index in [2.05, 4.69) is 18.2 Å². The van der Waals surface area contributed by atoms with Crippen molar-refractivity contribution < 1.29 is 0 Å². The van der Waals surface area contributed by atoms with Gasteiger partial charge in [0.2, 0.25) is 0 Å². The fraction of sp³-hybridized carbons (Fsp3) is 0.500. The molecular formula is C10H16N2. The maximum atomic E-state index is 8.21. The molecule has 0 fully saturated rings. The summed E-state index contributed by atoms with van der Waals surface area (Å²) in [6.45, 7) is 0.723. The number of nitriles is 1. The lowest BCUT2D eigenvalue weighted by molar-refractivity contribution is 0.981. The van der Waals surface area contributed by atoms with Gasteiger partial charge in [-0.25, -0.2) is 0 Å². The standard InChI is InChI=1S/C10H16N2/c11-9-7-5-3-1-2-4-6-8-10-12/h3-6H,1-2,7-9,11H2/b5-3+,6-4+. The van der Waals surface area contributed by atoms with Crippen LogP contribution in [0.5, 0.6) is 0 Å². The highest BCUT2D eigenvalue weighted by Gasteiger charge is 1.77. The minimum atomic E-state index is 0.520. The largest absolute Gasteiger partial charge is 0.330 e. The van der Waals surface area contributed by atoms with Crippen LogP contribution in [0.25, 0.3) is 0 Å². The van der Waals surface area contributed by atoms with E-state index in [-0.39, 0.29) is 0 Å². The van der Waals surface area contributed by atoms with Gasteiger partial charge in [-0.15, -0.1) is 0 Å². The van der Waals surface area contributed by atoms with E-state index >= 15 is 0 Å². The molecule has 0 aliphatic carbocycles. The number of allylic oxidation sites excluding steroid dienone is 3. The van der Waals surface area contributed by atoms with Crippen molar-refractivity contribution in [2.45, 2.75) is 25.7 Å². The Kier molecular flexibility index (Phi) is 9.04. The summed E-state index contributed by atoms with van der Waals surface area (Å²) in [6, 6.07) is 2.06. The molecular weight excluding hydrogens is 148 g/mol. The van der Waals surface area contributed by atoms with Gasteiger partial charge in [0, 0.05) is 0 Å². The second-order valence-electron chi connectivity index (χ2n) is 2.46. The Morgan fingerprint density at radius 3 is 2.17 bits per heavy atom. The van der Waals surface area contributed by atoms with Crippen LogP contribution in [-0.4, -0.2) is 6.54 Å². The molecule has 2 nitrogen and oxygen atoms in total. The lowest BCUT2D eigenvalue weighted by Gasteiger charge is -1.86. The molecule has 0 aliphatic heterocycles. The van der Waals surface area contributed by atoms with Crippen molar-refractivity contribution >= 4 is 0 Å².